The Morgan fingerprint density at radius 1 is 0.650 bits per heavy atom. The van der Waals surface area contributed by atoms with E-state index in [1.807, 2.05) is 88.4 Å². The number of hydrogen-bond donors (Lipinski definition) is 6. The Bertz CT molecular complexity index is 2040. The summed E-state index contributed by atoms with van der Waals surface area (Å²) in [5.41, 5.74) is 13.5. The Morgan fingerprint density at radius 2 is 1.07 bits per heavy atom. The first-order chi connectivity index (χ1) is 28.1. The minimum atomic E-state index is -0.994. The number of benzene rings is 4. The molecule has 2 aliphatic rings. The van der Waals surface area contributed by atoms with E-state index in [0.29, 0.717) is 37.0 Å². The first-order valence-electron chi connectivity index (χ1n) is 20.8. The van der Waals surface area contributed by atoms with Crippen molar-refractivity contribution in [3.05, 3.63) is 129 Å². The van der Waals surface area contributed by atoms with Crippen molar-refractivity contribution in [2.45, 2.75) is 123 Å². The fraction of sp³-hybridized carbons (Fsp3) is 0.429. The molecule has 0 spiro atoms. The van der Waals surface area contributed by atoms with Crippen LogP contribution in [0.3, 0.4) is 0 Å². The monoisotopic (exact) mass is 841 g/mol. The summed E-state index contributed by atoms with van der Waals surface area (Å²) in [6, 6.07) is 26.9. The quantitative estimate of drug-likeness (QED) is 0.0821. The molecular formula is C49H64ClN3O7. The van der Waals surface area contributed by atoms with E-state index in [4.69, 9.17) is 10.8 Å². The standard InChI is InChI=1S/C25H31NO3.C15H19NO3.C9H13NO.ClH/c1-16-13-17(2)24(28)21(14-16)11-12-23(27)18(3)26-25(29)22-10-9-20(15-22)19-7-5-4-6-8-19;1-10(15(18)19)16-14(17)13-8-7-12(9-13)11-5-3-2-4-6-11;1-6-3-7(2)9(11)8(4-6)5-10;/h4-8,13-14,18,20,22,28H,9-12,15H2,1-3H3,(H,26,29);2-6,10,12-13H,7-9H2,1H3,(H,16,17)(H,18,19);3-4,11H,5,10H2,1-2H3;1H/t18-,20+,22+;10-,12+,13+;;/m00../s1. The van der Waals surface area contributed by atoms with Gasteiger partial charge in [0.05, 0.1) is 6.04 Å². The molecule has 2 saturated carbocycles. The number of halogens is 1. The summed E-state index contributed by atoms with van der Waals surface area (Å²) < 4.78 is 0. The number of carboxylic acids is 1. The first kappa shape index (κ1) is 49.2. The molecule has 6 atom stereocenters. The molecule has 0 aliphatic heterocycles. The topological polar surface area (TPSA) is 179 Å². The lowest BCUT2D eigenvalue weighted by Crippen LogP contribution is -2.41. The highest BCUT2D eigenvalue weighted by atomic mass is 35.5. The number of nitrogens with two attached hydrogens (primary N) is 1. The molecule has 6 rings (SSSR count). The van der Waals surface area contributed by atoms with Crippen LogP contribution in [-0.2, 0) is 32.1 Å². The summed E-state index contributed by atoms with van der Waals surface area (Å²) in [7, 11) is 0. The van der Waals surface area contributed by atoms with Crippen molar-refractivity contribution in [2.24, 2.45) is 17.6 Å². The lowest BCUT2D eigenvalue weighted by atomic mass is 9.96. The number of hydrogen-bond acceptors (Lipinski definition) is 7. The van der Waals surface area contributed by atoms with Crippen molar-refractivity contribution in [2.75, 3.05) is 0 Å². The zero-order chi connectivity index (χ0) is 43.2. The van der Waals surface area contributed by atoms with Crippen LogP contribution in [0.15, 0.2) is 84.9 Å². The van der Waals surface area contributed by atoms with Crippen molar-refractivity contribution in [1.29, 1.82) is 0 Å². The van der Waals surface area contributed by atoms with Crippen molar-refractivity contribution in [3.8, 4) is 11.5 Å². The third kappa shape index (κ3) is 14.2. The van der Waals surface area contributed by atoms with Crippen LogP contribution >= 0.6 is 12.4 Å². The number of nitrogens with one attached hydrogen (secondary N) is 2. The number of phenolic OH excluding ortho intramolecular Hbond substituents is 2. The zero-order valence-electron chi connectivity index (χ0n) is 35.9. The van der Waals surface area contributed by atoms with Crippen LogP contribution in [0.4, 0.5) is 0 Å². The van der Waals surface area contributed by atoms with E-state index >= 15 is 0 Å². The van der Waals surface area contributed by atoms with E-state index < -0.39 is 18.1 Å². The molecule has 0 aromatic heterocycles. The molecule has 4 aromatic rings. The molecule has 10 nitrogen and oxygen atoms in total. The molecule has 0 bridgehead atoms. The fourth-order valence-electron chi connectivity index (χ4n) is 8.22. The van der Waals surface area contributed by atoms with Crippen molar-refractivity contribution >= 4 is 36.0 Å². The highest BCUT2D eigenvalue weighted by Crippen LogP contribution is 2.39. The van der Waals surface area contributed by atoms with E-state index in [1.165, 1.54) is 18.1 Å². The van der Waals surface area contributed by atoms with Gasteiger partial charge in [0.25, 0.3) is 0 Å². The molecule has 4 aromatic carbocycles. The minimum absolute atomic E-state index is 0. The van der Waals surface area contributed by atoms with Gasteiger partial charge >= 0.3 is 5.97 Å². The molecular weight excluding hydrogens is 778 g/mol. The second kappa shape index (κ2) is 23.6. The van der Waals surface area contributed by atoms with Crippen LogP contribution < -0.4 is 16.4 Å². The van der Waals surface area contributed by atoms with Gasteiger partial charge in [-0.15, -0.1) is 12.4 Å². The third-order valence-electron chi connectivity index (χ3n) is 11.6. The number of aromatic hydroxyl groups is 2. The third-order valence-corrected chi connectivity index (χ3v) is 11.6. The van der Waals surface area contributed by atoms with E-state index in [9.17, 15) is 29.4 Å². The lowest BCUT2D eigenvalue weighted by Gasteiger charge is -2.17. The maximum absolute atomic E-state index is 12.7. The van der Waals surface area contributed by atoms with E-state index in [2.05, 4.69) is 34.9 Å². The van der Waals surface area contributed by atoms with Gasteiger partial charge in [-0.3, -0.25) is 19.2 Å². The van der Waals surface area contributed by atoms with Gasteiger partial charge in [-0.05, 0) is 126 Å². The van der Waals surface area contributed by atoms with Gasteiger partial charge in [0.1, 0.15) is 17.5 Å². The molecule has 2 aliphatic carbocycles. The number of Topliss-reactive ketones (excluding diaryl/α,β-unsaturated/α-hetero) is 1. The molecule has 7 N–H and O–H groups in total. The molecule has 11 heteroatoms. The number of aliphatic carboxylic acids is 1. The van der Waals surface area contributed by atoms with Crippen LogP contribution in [0.5, 0.6) is 11.5 Å². The molecule has 0 radical (unpaired) electrons. The van der Waals surface area contributed by atoms with Crippen molar-refractivity contribution in [1.82, 2.24) is 10.6 Å². The SMILES string of the molecule is C[C@H](NC(=O)[C@@H]1CC[C@@H](c2ccccc2)C1)C(=O)O.Cc1cc(C)c(O)c(CCC(=O)[C@H](C)NC(=O)[C@@H]2CC[C@@H](c3ccccc3)C2)c1.Cc1cc(C)c(O)c(CN)c1.Cl. The minimum Gasteiger partial charge on any atom is -0.507 e. The second-order valence-corrected chi connectivity index (χ2v) is 16.4. The molecule has 2 amide bonds. The molecule has 2 fully saturated rings. The van der Waals surface area contributed by atoms with Gasteiger partial charge < -0.3 is 31.7 Å². The predicted octanol–water partition coefficient (Wildman–Crippen LogP) is 8.65. The van der Waals surface area contributed by atoms with E-state index in [1.54, 1.807) is 6.92 Å². The van der Waals surface area contributed by atoms with Gasteiger partial charge in [0.15, 0.2) is 5.78 Å². The van der Waals surface area contributed by atoms with Crippen LogP contribution in [0.2, 0.25) is 0 Å². The summed E-state index contributed by atoms with van der Waals surface area (Å²) in [6.45, 7) is 11.3. The second-order valence-electron chi connectivity index (χ2n) is 16.4. The maximum atomic E-state index is 12.7. The molecule has 0 saturated heterocycles. The number of rotatable bonds is 12. The lowest BCUT2D eigenvalue weighted by molar-refractivity contribution is -0.141. The Hall–Kier alpha value is -5.19. The number of phenols is 2. The molecule has 60 heavy (non-hydrogen) atoms. The van der Waals surface area contributed by atoms with Crippen LogP contribution in [0.25, 0.3) is 0 Å². The number of carboxylic acid groups (broad SMARTS) is 1. The van der Waals surface area contributed by atoms with Crippen LogP contribution in [0, 0.1) is 39.5 Å². The maximum Gasteiger partial charge on any atom is 0.325 e. The summed E-state index contributed by atoms with van der Waals surface area (Å²) in [5.74, 6) is 0.192. The first-order valence-corrected chi connectivity index (χ1v) is 20.8. The van der Waals surface area contributed by atoms with Gasteiger partial charge in [-0.2, -0.15) is 0 Å². The Morgan fingerprint density at radius 3 is 1.50 bits per heavy atom. The molecule has 0 heterocycles. The van der Waals surface area contributed by atoms with Gasteiger partial charge in [-0.25, -0.2) is 0 Å². The number of carbonyl (C=O) groups is 4. The Kier molecular flexibility index (Phi) is 19.3. The van der Waals surface area contributed by atoms with Gasteiger partial charge in [0.2, 0.25) is 11.8 Å². The normalized spacial score (nSPS) is 18.9. The van der Waals surface area contributed by atoms with Crippen LogP contribution in [-0.4, -0.2) is 51.0 Å². The highest BCUT2D eigenvalue weighted by molar-refractivity contribution is 5.89. The predicted molar refractivity (Wildman–Crippen MR) is 240 cm³/mol. The number of carbonyl (C=O) groups excluding carboxylic acids is 3. The zero-order valence-corrected chi connectivity index (χ0v) is 36.7. The summed E-state index contributed by atoms with van der Waals surface area (Å²) in [5, 5.41) is 33.9. The fourth-order valence-corrected chi connectivity index (χ4v) is 8.22. The van der Waals surface area contributed by atoms with Crippen molar-refractivity contribution in [3.63, 3.8) is 0 Å². The average Bonchev–Trinajstić information content (AvgIpc) is 3.93. The summed E-state index contributed by atoms with van der Waals surface area (Å²) in [6.07, 6.45) is 6.12. The number of amides is 2. The molecule has 0 unspecified atom stereocenters. The summed E-state index contributed by atoms with van der Waals surface area (Å²) in [4.78, 5) is 47.9. The largest absolute Gasteiger partial charge is 0.507 e. The summed E-state index contributed by atoms with van der Waals surface area (Å²) >= 11 is 0. The van der Waals surface area contributed by atoms with Gasteiger partial charge in [0, 0.05) is 30.4 Å². The van der Waals surface area contributed by atoms with E-state index in [0.717, 1.165) is 71.9 Å². The highest BCUT2D eigenvalue weighted by Gasteiger charge is 2.33. The Labute approximate surface area is 361 Å². The average molecular weight is 843 g/mol. The Balaban J connectivity index is 0.000000265. The van der Waals surface area contributed by atoms with Crippen molar-refractivity contribution < 1.29 is 34.5 Å². The van der Waals surface area contributed by atoms with Gasteiger partial charge in [-0.1, -0.05) is 96.1 Å². The van der Waals surface area contributed by atoms with Crippen LogP contribution in [0.1, 0.15) is 115 Å². The number of aryl methyl sites for hydroxylation is 5. The number of ketones is 1. The molecule has 324 valence electrons. The van der Waals surface area contributed by atoms with E-state index in [-0.39, 0.29) is 47.6 Å². The smallest absolute Gasteiger partial charge is 0.325 e.